The number of piperidine rings is 1. The number of aromatic nitrogens is 3. The van der Waals surface area contributed by atoms with Gasteiger partial charge in [0, 0.05) is 31.8 Å². The third kappa shape index (κ3) is 4.38. The molecule has 6 heteroatoms. The van der Waals surface area contributed by atoms with Crippen molar-refractivity contribution in [3.8, 4) is 11.4 Å². The maximum absolute atomic E-state index is 12.2. The van der Waals surface area contributed by atoms with Gasteiger partial charge in [0.1, 0.15) is 11.6 Å². The molecule has 1 aliphatic heterocycles. The Balaban J connectivity index is 1.95. The Kier molecular flexibility index (Phi) is 5.94. The number of ether oxygens (including phenoxy) is 1. The molecular formula is C21H28N4O2. The van der Waals surface area contributed by atoms with Crippen LogP contribution in [0, 0.1) is 5.92 Å². The summed E-state index contributed by atoms with van der Waals surface area (Å²) in [5.41, 5.74) is 0.959. The van der Waals surface area contributed by atoms with Gasteiger partial charge in [0.15, 0.2) is 5.82 Å². The van der Waals surface area contributed by atoms with Gasteiger partial charge >= 0.3 is 0 Å². The molecule has 1 atom stereocenters. The summed E-state index contributed by atoms with van der Waals surface area (Å²) in [5, 5.41) is 4.78. The van der Waals surface area contributed by atoms with Crippen LogP contribution in [0.5, 0.6) is 5.75 Å². The van der Waals surface area contributed by atoms with Gasteiger partial charge in [-0.3, -0.25) is 4.79 Å². The van der Waals surface area contributed by atoms with Gasteiger partial charge in [0.25, 0.3) is 0 Å². The first-order chi connectivity index (χ1) is 13.0. The normalized spacial score (nSPS) is 17.4. The second-order valence-corrected chi connectivity index (χ2v) is 7.42. The zero-order valence-corrected chi connectivity index (χ0v) is 16.4. The first-order valence-electron chi connectivity index (χ1n) is 9.50. The largest absolute Gasteiger partial charge is 0.497 e. The first kappa shape index (κ1) is 19.1. The van der Waals surface area contributed by atoms with Gasteiger partial charge in [0.2, 0.25) is 5.91 Å². The number of carbonyl (C=O) groups excluding carboxylic acids is 1. The van der Waals surface area contributed by atoms with Crippen molar-refractivity contribution in [1.29, 1.82) is 0 Å². The molecule has 1 unspecified atom stereocenters. The molecule has 1 aromatic carbocycles. The van der Waals surface area contributed by atoms with E-state index in [1.807, 2.05) is 33.8 Å². The van der Waals surface area contributed by atoms with Crippen LogP contribution in [0.25, 0.3) is 5.69 Å². The Labute approximate surface area is 160 Å². The Hall–Kier alpha value is -2.63. The van der Waals surface area contributed by atoms with Crippen molar-refractivity contribution >= 4 is 5.91 Å². The summed E-state index contributed by atoms with van der Waals surface area (Å²) in [7, 11) is 1.66. The van der Waals surface area contributed by atoms with Crippen LogP contribution < -0.4 is 4.74 Å². The molecule has 0 spiro atoms. The van der Waals surface area contributed by atoms with E-state index in [1.165, 1.54) is 0 Å². The highest BCUT2D eigenvalue weighted by atomic mass is 16.5. The summed E-state index contributed by atoms with van der Waals surface area (Å²) in [6, 6.07) is 7.84. The minimum atomic E-state index is 0.165. The molecule has 3 rings (SSSR count). The van der Waals surface area contributed by atoms with Crippen LogP contribution in [-0.4, -0.2) is 45.8 Å². The second kappa shape index (κ2) is 8.37. The summed E-state index contributed by atoms with van der Waals surface area (Å²) in [5.74, 6) is 3.42. The molecule has 1 saturated heterocycles. The lowest BCUT2D eigenvalue weighted by atomic mass is 9.96. The molecular weight excluding hydrogens is 340 g/mol. The third-order valence-corrected chi connectivity index (χ3v) is 4.80. The van der Waals surface area contributed by atoms with E-state index in [0.717, 1.165) is 35.9 Å². The van der Waals surface area contributed by atoms with Crippen molar-refractivity contribution < 1.29 is 9.53 Å². The molecule has 0 radical (unpaired) electrons. The smallest absolute Gasteiger partial charge is 0.222 e. The average Bonchev–Trinajstić information content (AvgIpc) is 3.07. The van der Waals surface area contributed by atoms with Crippen molar-refractivity contribution in [3.63, 3.8) is 0 Å². The van der Waals surface area contributed by atoms with Crippen LogP contribution in [0.4, 0.5) is 0 Å². The molecule has 1 fully saturated rings. The maximum Gasteiger partial charge on any atom is 0.222 e. The van der Waals surface area contributed by atoms with Crippen LogP contribution in [0.3, 0.4) is 0 Å². The van der Waals surface area contributed by atoms with Gasteiger partial charge in [-0.05, 0) is 36.6 Å². The Morgan fingerprint density at radius 2 is 2.07 bits per heavy atom. The Morgan fingerprint density at radius 1 is 1.33 bits per heavy atom. The summed E-state index contributed by atoms with van der Waals surface area (Å²) >= 11 is 0. The van der Waals surface area contributed by atoms with E-state index in [-0.39, 0.29) is 11.8 Å². The number of benzene rings is 1. The van der Waals surface area contributed by atoms with E-state index in [2.05, 4.69) is 20.4 Å². The van der Waals surface area contributed by atoms with Gasteiger partial charge in [-0.15, -0.1) is 6.58 Å². The highest BCUT2D eigenvalue weighted by Gasteiger charge is 2.30. The lowest BCUT2D eigenvalue weighted by molar-refractivity contribution is -0.133. The fourth-order valence-corrected chi connectivity index (χ4v) is 3.46. The topological polar surface area (TPSA) is 60.3 Å². The average molecular weight is 368 g/mol. The molecule has 0 saturated carbocycles. The number of hydrogen-bond donors (Lipinski definition) is 0. The second-order valence-electron chi connectivity index (χ2n) is 7.42. The minimum absolute atomic E-state index is 0.165. The molecule has 0 bridgehead atoms. The number of methoxy groups -OCH3 is 1. The van der Waals surface area contributed by atoms with E-state index in [9.17, 15) is 4.79 Å². The van der Waals surface area contributed by atoms with Gasteiger partial charge in [-0.25, -0.2) is 9.67 Å². The van der Waals surface area contributed by atoms with E-state index in [4.69, 9.17) is 14.8 Å². The maximum atomic E-state index is 12.2. The van der Waals surface area contributed by atoms with Crippen molar-refractivity contribution in [2.24, 2.45) is 5.92 Å². The number of carbonyl (C=O) groups is 1. The molecule has 1 amide bonds. The Bertz CT molecular complexity index is 795. The van der Waals surface area contributed by atoms with Crippen LogP contribution >= 0.6 is 0 Å². The molecule has 144 valence electrons. The van der Waals surface area contributed by atoms with Crippen LogP contribution in [0.2, 0.25) is 0 Å². The van der Waals surface area contributed by atoms with Gasteiger partial charge in [0.05, 0.1) is 12.8 Å². The SMILES string of the molecule is C=CCN1CC(c2nc(CC(C)C)nn2-c2ccc(OC)cc2)CCC1=O. The monoisotopic (exact) mass is 368 g/mol. The number of likely N-dealkylation sites (tertiary alicyclic amines) is 1. The minimum Gasteiger partial charge on any atom is -0.497 e. The lowest BCUT2D eigenvalue weighted by Gasteiger charge is -2.31. The quantitative estimate of drug-likeness (QED) is 0.703. The standard InChI is InChI=1S/C21H28N4O2/c1-5-12-24-14-16(6-11-20(24)26)21-22-19(13-15(2)3)23-25(21)17-7-9-18(27-4)10-8-17/h5,7-10,15-16H,1,6,11-14H2,2-4H3. The fourth-order valence-electron chi connectivity index (χ4n) is 3.46. The van der Waals surface area contributed by atoms with Crippen LogP contribution in [0.1, 0.15) is 44.3 Å². The lowest BCUT2D eigenvalue weighted by Crippen LogP contribution is -2.39. The van der Waals surface area contributed by atoms with E-state index < -0.39 is 0 Å². The summed E-state index contributed by atoms with van der Waals surface area (Å²) in [4.78, 5) is 18.9. The number of hydrogen-bond acceptors (Lipinski definition) is 4. The van der Waals surface area contributed by atoms with Crippen molar-refractivity contribution in [2.75, 3.05) is 20.2 Å². The summed E-state index contributed by atoms with van der Waals surface area (Å²) in [6.45, 7) is 9.33. The highest BCUT2D eigenvalue weighted by Crippen LogP contribution is 2.29. The van der Waals surface area contributed by atoms with Gasteiger partial charge in [-0.1, -0.05) is 19.9 Å². The zero-order chi connectivity index (χ0) is 19.4. The van der Waals surface area contributed by atoms with Crippen LogP contribution in [0.15, 0.2) is 36.9 Å². The third-order valence-electron chi connectivity index (χ3n) is 4.80. The van der Waals surface area contributed by atoms with Crippen molar-refractivity contribution in [2.45, 2.75) is 39.0 Å². The van der Waals surface area contributed by atoms with Crippen molar-refractivity contribution in [1.82, 2.24) is 19.7 Å². The van der Waals surface area contributed by atoms with E-state index in [1.54, 1.807) is 13.2 Å². The molecule has 0 N–H and O–H groups in total. The zero-order valence-electron chi connectivity index (χ0n) is 16.4. The summed E-state index contributed by atoms with van der Waals surface area (Å²) < 4.78 is 7.20. The molecule has 27 heavy (non-hydrogen) atoms. The highest BCUT2D eigenvalue weighted by molar-refractivity contribution is 5.77. The molecule has 2 heterocycles. The molecule has 0 aliphatic carbocycles. The predicted molar refractivity (Wildman–Crippen MR) is 105 cm³/mol. The Morgan fingerprint density at radius 3 is 2.70 bits per heavy atom. The van der Waals surface area contributed by atoms with E-state index >= 15 is 0 Å². The molecule has 6 nitrogen and oxygen atoms in total. The number of amides is 1. The molecule has 1 aliphatic rings. The first-order valence-corrected chi connectivity index (χ1v) is 9.50. The predicted octanol–water partition coefficient (Wildman–Crippen LogP) is 3.37. The molecule has 1 aromatic heterocycles. The van der Waals surface area contributed by atoms with Crippen LogP contribution in [-0.2, 0) is 11.2 Å². The fraction of sp³-hybridized carbons (Fsp3) is 0.476. The van der Waals surface area contributed by atoms with Crippen molar-refractivity contribution in [3.05, 3.63) is 48.6 Å². The molecule has 2 aromatic rings. The number of rotatable bonds is 7. The van der Waals surface area contributed by atoms with E-state index in [0.29, 0.717) is 25.4 Å². The summed E-state index contributed by atoms with van der Waals surface area (Å²) in [6.07, 6.45) is 3.94. The van der Waals surface area contributed by atoms with Gasteiger partial charge < -0.3 is 9.64 Å². The van der Waals surface area contributed by atoms with Gasteiger partial charge in [-0.2, -0.15) is 5.10 Å². The number of nitrogens with zero attached hydrogens (tertiary/aromatic N) is 4.